The molecule has 0 fully saturated rings. The van der Waals surface area contributed by atoms with Crippen LogP contribution >= 0.6 is 23.2 Å². The molecule has 0 aliphatic rings. The van der Waals surface area contributed by atoms with Crippen LogP contribution < -0.4 is 15.2 Å². The Balaban J connectivity index is 1.71. The van der Waals surface area contributed by atoms with E-state index in [4.69, 9.17) is 38.4 Å². The lowest BCUT2D eigenvalue weighted by Crippen LogP contribution is -2.05. The Morgan fingerprint density at radius 3 is 2.24 bits per heavy atom. The van der Waals surface area contributed by atoms with Crippen LogP contribution in [0.1, 0.15) is 12.0 Å². The van der Waals surface area contributed by atoms with Gasteiger partial charge in [-0.15, -0.1) is 0 Å². The maximum absolute atomic E-state index is 5.92. The summed E-state index contributed by atoms with van der Waals surface area (Å²) in [4.78, 5) is 0. The standard InChI is InChI=1S/C16H17Cl2NO2/c17-15-6-5-14(10-16(15)18)21-8-2-7-20-13-4-1-3-12(9-13)11-19/h1,3-6,9-10H,2,7-8,11,19H2. The van der Waals surface area contributed by atoms with Crippen LogP contribution in [0.15, 0.2) is 42.5 Å². The number of benzene rings is 2. The van der Waals surface area contributed by atoms with Crippen molar-refractivity contribution in [3.05, 3.63) is 58.1 Å². The lowest BCUT2D eigenvalue weighted by molar-refractivity contribution is 0.247. The minimum atomic E-state index is 0.490. The summed E-state index contributed by atoms with van der Waals surface area (Å²) in [6.07, 6.45) is 0.771. The van der Waals surface area contributed by atoms with Crippen molar-refractivity contribution in [3.8, 4) is 11.5 Å². The van der Waals surface area contributed by atoms with Gasteiger partial charge in [-0.2, -0.15) is 0 Å². The Bertz CT molecular complexity index is 590. The summed E-state index contributed by atoms with van der Waals surface area (Å²) in [5.74, 6) is 1.53. The summed E-state index contributed by atoms with van der Waals surface area (Å²) in [6.45, 7) is 1.64. The maximum atomic E-state index is 5.92. The first-order valence-electron chi connectivity index (χ1n) is 6.68. The first-order chi connectivity index (χ1) is 10.2. The van der Waals surface area contributed by atoms with Gasteiger partial charge in [0.05, 0.1) is 23.3 Å². The molecular weight excluding hydrogens is 309 g/mol. The van der Waals surface area contributed by atoms with Crippen LogP contribution in [-0.2, 0) is 6.54 Å². The summed E-state index contributed by atoms with van der Waals surface area (Å²) < 4.78 is 11.2. The van der Waals surface area contributed by atoms with E-state index in [0.717, 1.165) is 17.7 Å². The largest absolute Gasteiger partial charge is 0.493 e. The van der Waals surface area contributed by atoms with Gasteiger partial charge in [-0.1, -0.05) is 35.3 Å². The summed E-state index contributed by atoms with van der Waals surface area (Å²) >= 11 is 11.8. The fraction of sp³-hybridized carbons (Fsp3) is 0.250. The predicted octanol–water partition coefficient (Wildman–Crippen LogP) is 4.30. The molecule has 3 nitrogen and oxygen atoms in total. The molecular formula is C16H17Cl2NO2. The zero-order chi connectivity index (χ0) is 15.1. The van der Waals surface area contributed by atoms with Crippen LogP contribution in [0.4, 0.5) is 0 Å². The lowest BCUT2D eigenvalue weighted by atomic mass is 10.2. The van der Waals surface area contributed by atoms with Gasteiger partial charge in [-0.05, 0) is 29.8 Å². The fourth-order valence-electron chi connectivity index (χ4n) is 1.77. The van der Waals surface area contributed by atoms with E-state index < -0.39 is 0 Å². The van der Waals surface area contributed by atoms with E-state index >= 15 is 0 Å². The van der Waals surface area contributed by atoms with Gasteiger partial charge in [0.1, 0.15) is 11.5 Å². The maximum Gasteiger partial charge on any atom is 0.120 e. The topological polar surface area (TPSA) is 44.5 Å². The minimum Gasteiger partial charge on any atom is -0.493 e. The molecule has 2 aromatic rings. The third kappa shape index (κ3) is 5.12. The normalized spacial score (nSPS) is 10.4. The molecule has 2 aromatic carbocycles. The summed E-state index contributed by atoms with van der Waals surface area (Å²) in [5.41, 5.74) is 6.64. The molecule has 5 heteroatoms. The molecule has 0 radical (unpaired) electrons. The lowest BCUT2D eigenvalue weighted by Gasteiger charge is -2.09. The molecule has 0 saturated carbocycles. The molecule has 0 spiro atoms. The first-order valence-corrected chi connectivity index (χ1v) is 7.44. The van der Waals surface area contributed by atoms with E-state index in [-0.39, 0.29) is 0 Å². The van der Waals surface area contributed by atoms with Gasteiger partial charge < -0.3 is 15.2 Å². The SMILES string of the molecule is NCc1cccc(OCCCOc2ccc(Cl)c(Cl)c2)c1. The van der Waals surface area contributed by atoms with E-state index in [0.29, 0.717) is 35.6 Å². The monoisotopic (exact) mass is 325 g/mol. The van der Waals surface area contributed by atoms with Gasteiger partial charge in [-0.3, -0.25) is 0 Å². The van der Waals surface area contributed by atoms with Gasteiger partial charge in [0, 0.05) is 19.0 Å². The molecule has 2 N–H and O–H groups in total. The zero-order valence-corrected chi connectivity index (χ0v) is 13.0. The summed E-state index contributed by atoms with van der Waals surface area (Å²) in [6, 6.07) is 13.0. The molecule has 112 valence electrons. The Hall–Kier alpha value is -1.42. The molecule has 0 atom stereocenters. The van der Waals surface area contributed by atoms with Crippen molar-refractivity contribution in [1.82, 2.24) is 0 Å². The quantitative estimate of drug-likeness (QED) is 0.772. The van der Waals surface area contributed by atoms with Crippen molar-refractivity contribution in [2.45, 2.75) is 13.0 Å². The van der Waals surface area contributed by atoms with Crippen LogP contribution in [0.25, 0.3) is 0 Å². The number of nitrogens with two attached hydrogens (primary N) is 1. The molecule has 0 aliphatic heterocycles. The van der Waals surface area contributed by atoms with Crippen LogP contribution in [-0.4, -0.2) is 13.2 Å². The van der Waals surface area contributed by atoms with Crippen molar-refractivity contribution < 1.29 is 9.47 Å². The van der Waals surface area contributed by atoms with E-state index in [2.05, 4.69) is 0 Å². The molecule has 2 rings (SSSR count). The Morgan fingerprint density at radius 2 is 1.57 bits per heavy atom. The highest BCUT2D eigenvalue weighted by Gasteiger charge is 2.00. The van der Waals surface area contributed by atoms with Crippen molar-refractivity contribution in [1.29, 1.82) is 0 Å². The Morgan fingerprint density at radius 1 is 0.857 bits per heavy atom. The zero-order valence-electron chi connectivity index (χ0n) is 11.5. The smallest absolute Gasteiger partial charge is 0.120 e. The van der Waals surface area contributed by atoms with Crippen LogP contribution in [0, 0.1) is 0 Å². The molecule has 0 unspecified atom stereocenters. The number of rotatable bonds is 7. The van der Waals surface area contributed by atoms with E-state index in [9.17, 15) is 0 Å². The van der Waals surface area contributed by atoms with Gasteiger partial charge in [0.15, 0.2) is 0 Å². The van der Waals surface area contributed by atoms with Crippen molar-refractivity contribution in [2.24, 2.45) is 5.73 Å². The molecule has 21 heavy (non-hydrogen) atoms. The van der Waals surface area contributed by atoms with Crippen LogP contribution in [0.5, 0.6) is 11.5 Å². The van der Waals surface area contributed by atoms with Crippen LogP contribution in [0.2, 0.25) is 10.0 Å². The first kappa shape index (κ1) is 16.0. The average Bonchev–Trinajstić information content (AvgIpc) is 2.50. The fourth-order valence-corrected chi connectivity index (χ4v) is 2.06. The summed E-state index contributed by atoms with van der Waals surface area (Å²) in [7, 11) is 0. The Labute approximate surface area is 134 Å². The molecule has 0 bridgehead atoms. The van der Waals surface area contributed by atoms with Gasteiger partial charge in [0.25, 0.3) is 0 Å². The van der Waals surface area contributed by atoms with Crippen LogP contribution in [0.3, 0.4) is 0 Å². The number of ether oxygens (including phenoxy) is 2. The molecule has 0 saturated heterocycles. The van der Waals surface area contributed by atoms with E-state index in [1.807, 2.05) is 24.3 Å². The summed E-state index contributed by atoms with van der Waals surface area (Å²) in [5, 5.41) is 1.01. The van der Waals surface area contributed by atoms with Gasteiger partial charge in [-0.25, -0.2) is 0 Å². The number of hydrogen-bond acceptors (Lipinski definition) is 3. The third-order valence-electron chi connectivity index (χ3n) is 2.85. The second-order valence-corrected chi connectivity index (χ2v) is 5.29. The molecule has 0 amide bonds. The van der Waals surface area contributed by atoms with Crippen molar-refractivity contribution in [3.63, 3.8) is 0 Å². The second-order valence-electron chi connectivity index (χ2n) is 4.48. The van der Waals surface area contributed by atoms with E-state index in [1.165, 1.54) is 0 Å². The predicted molar refractivity (Wildman–Crippen MR) is 86.4 cm³/mol. The Kier molecular flexibility index (Phi) is 6.18. The van der Waals surface area contributed by atoms with E-state index in [1.54, 1.807) is 18.2 Å². The molecule has 0 aromatic heterocycles. The third-order valence-corrected chi connectivity index (χ3v) is 3.59. The van der Waals surface area contributed by atoms with Crippen molar-refractivity contribution in [2.75, 3.05) is 13.2 Å². The van der Waals surface area contributed by atoms with Gasteiger partial charge in [0.2, 0.25) is 0 Å². The number of halogens is 2. The molecule has 0 heterocycles. The number of hydrogen-bond donors (Lipinski definition) is 1. The second kappa shape index (κ2) is 8.13. The minimum absolute atomic E-state index is 0.490. The highest BCUT2D eigenvalue weighted by molar-refractivity contribution is 6.42. The molecule has 0 aliphatic carbocycles. The highest BCUT2D eigenvalue weighted by Crippen LogP contribution is 2.26. The van der Waals surface area contributed by atoms with Crippen molar-refractivity contribution >= 4 is 23.2 Å². The average molecular weight is 326 g/mol. The highest BCUT2D eigenvalue weighted by atomic mass is 35.5. The van der Waals surface area contributed by atoms with Gasteiger partial charge >= 0.3 is 0 Å².